The third kappa shape index (κ3) is 3.01. The first-order valence-electron chi connectivity index (χ1n) is 3.77. The SMILES string of the molecule is CCC1=[C]([Zr+2])C(C)=C(C)C1.[Cl-].[Cl-]. The molecule has 0 fully saturated rings. The van der Waals surface area contributed by atoms with Gasteiger partial charge in [-0.1, -0.05) is 0 Å². The van der Waals surface area contributed by atoms with E-state index in [-0.39, 0.29) is 24.8 Å². The van der Waals surface area contributed by atoms with E-state index in [0.29, 0.717) is 0 Å². The third-order valence-electron chi connectivity index (χ3n) is 2.27. The molecule has 0 aliphatic heterocycles. The first-order valence-corrected chi connectivity index (χ1v) is 5.00. The monoisotopic (exact) mass is 281 g/mol. The van der Waals surface area contributed by atoms with Gasteiger partial charge in [0.15, 0.2) is 0 Å². The summed E-state index contributed by atoms with van der Waals surface area (Å²) in [6.07, 6.45) is 2.50. The van der Waals surface area contributed by atoms with E-state index < -0.39 is 0 Å². The molecule has 0 saturated heterocycles. The van der Waals surface area contributed by atoms with Crippen LogP contribution in [-0.2, 0) is 24.7 Å². The summed E-state index contributed by atoms with van der Waals surface area (Å²) >= 11 is 1.59. The molecule has 0 spiro atoms. The van der Waals surface area contributed by atoms with Crippen molar-refractivity contribution in [2.75, 3.05) is 0 Å². The van der Waals surface area contributed by atoms with Crippen molar-refractivity contribution < 1.29 is 49.5 Å². The Hall–Kier alpha value is 0.943. The van der Waals surface area contributed by atoms with Crippen molar-refractivity contribution in [1.82, 2.24) is 0 Å². The van der Waals surface area contributed by atoms with Gasteiger partial charge >= 0.3 is 78.3 Å². The Labute approximate surface area is 103 Å². The normalized spacial score (nSPS) is 16.1. The zero-order valence-electron chi connectivity index (χ0n) is 7.67. The molecule has 0 radical (unpaired) electrons. The minimum absolute atomic E-state index is 0. The Morgan fingerprint density at radius 2 is 1.75 bits per heavy atom. The van der Waals surface area contributed by atoms with E-state index in [1.165, 1.54) is 12.8 Å². The molecule has 0 aromatic rings. The summed E-state index contributed by atoms with van der Waals surface area (Å²) in [6.45, 7) is 6.76. The van der Waals surface area contributed by atoms with Gasteiger partial charge in [0.2, 0.25) is 0 Å². The Balaban J connectivity index is 0. The standard InChI is InChI=1S/C9H13.2ClH.Zr/c1-4-9-5-7(2)8(3)6-9;;;/h4-5H2,1-3H3;2*1H;/q;;;+2/p-2. The summed E-state index contributed by atoms with van der Waals surface area (Å²) in [5.74, 6) is 0. The second kappa shape index (κ2) is 6.40. The van der Waals surface area contributed by atoms with Crippen LogP contribution in [0.2, 0.25) is 0 Å². The van der Waals surface area contributed by atoms with Gasteiger partial charge < -0.3 is 24.8 Å². The van der Waals surface area contributed by atoms with Crippen LogP contribution in [0.1, 0.15) is 33.6 Å². The molecular formula is C9H13Cl2Zr. The van der Waals surface area contributed by atoms with Gasteiger partial charge in [-0.05, 0) is 0 Å². The molecule has 1 aliphatic rings. The molecule has 0 saturated carbocycles. The molecule has 0 nitrogen and oxygen atoms in total. The van der Waals surface area contributed by atoms with E-state index >= 15 is 0 Å². The van der Waals surface area contributed by atoms with Crippen molar-refractivity contribution >= 4 is 0 Å². The van der Waals surface area contributed by atoms with Gasteiger partial charge in [0.1, 0.15) is 0 Å². The fourth-order valence-electron chi connectivity index (χ4n) is 1.32. The van der Waals surface area contributed by atoms with E-state index in [1.54, 1.807) is 44.7 Å². The van der Waals surface area contributed by atoms with Crippen LogP contribution < -0.4 is 24.8 Å². The molecule has 1 rings (SSSR count). The van der Waals surface area contributed by atoms with Crippen LogP contribution in [0.25, 0.3) is 0 Å². The van der Waals surface area contributed by atoms with Gasteiger partial charge in [0.25, 0.3) is 0 Å². The van der Waals surface area contributed by atoms with Crippen molar-refractivity contribution in [1.29, 1.82) is 0 Å². The van der Waals surface area contributed by atoms with E-state index in [4.69, 9.17) is 0 Å². The molecule has 0 unspecified atom stereocenters. The summed E-state index contributed by atoms with van der Waals surface area (Å²) < 4.78 is 1.63. The van der Waals surface area contributed by atoms with Crippen molar-refractivity contribution in [2.24, 2.45) is 0 Å². The summed E-state index contributed by atoms with van der Waals surface area (Å²) in [4.78, 5) is 0. The zero-order chi connectivity index (χ0) is 7.72. The fraction of sp³-hybridized carbons (Fsp3) is 0.556. The van der Waals surface area contributed by atoms with Crippen LogP contribution in [0.5, 0.6) is 0 Å². The summed E-state index contributed by atoms with van der Waals surface area (Å²) in [5.41, 5.74) is 4.83. The van der Waals surface area contributed by atoms with Crippen molar-refractivity contribution in [3.05, 3.63) is 20.0 Å². The summed E-state index contributed by atoms with van der Waals surface area (Å²) in [7, 11) is 0. The Morgan fingerprint density at radius 1 is 1.25 bits per heavy atom. The molecule has 3 heteroatoms. The van der Waals surface area contributed by atoms with Gasteiger partial charge in [-0.2, -0.15) is 0 Å². The molecule has 0 N–H and O–H groups in total. The second-order valence-electron chi connectivity index (χ2n) is 2.91. The van der Waals surface area contributed by atoms with Crippen molar-refractivity contribution in [3.63, 3.8) is 0 Å². The minimum Gasteiger partial charge on any atom is -1.00 e. The number of rotatable bonds is 1. The smallest absolute Gasteiger partial charge is 1.00 e. The van der Waals surface area contributed by atoms with Gasteiger partial charge in [-0.25, -0.2) is 0 Å². The van der Waals surface area contributed by atoms with Crippen LogP contribution >= 0.6 is 0 Å². The topological polar surface area (TPSA) is 0 Å². The first kappa shape index (κ1) is 15.4. The van der Waals surface area contributed by atoms with Gasteiger partial charge in [-0.3, -0.25) is 0 Å². The van der Waals surface area contributed by atoms with Gasteiger partial charge in [0, 0.05) is 0 Å². The first-order chi connectivity index (χ1) is 4.66. The van der Waals surface area contributed by atoms with Crippen LogP contribution in [0.3, 0.4) is 0 Å². The molecule has 0 aromatic heterocycles. The van der Waals surface area contributed by atoms with Crippen molar-refractivity contribution in [2.45, 2.75) is 33.6 Å². The molecule has 0 bridgehead atoms. The van der Waals surface area contributed by atoms with Gasteiger partial charge in [-0.15, -0.1) is 0 Å². The summed E-state index contributed by atoms with van der Waals surface area (Å²) in [6, 6.07) is 0. The van der Waals surface area contributed by atoms with Crippen molar-refractivity contribution in [3.8, 4) is 0 Å². The summed E-state index contributed by atoms with van der Waals surface area (Å²) in [5, 5.41) is 0. The molecular weight excluding hydrogens is 270 g/mol. The molecule has 0 heterocycles. The van der Waals surface area contributed by atoms with Crippen LogP contribution in [0.4, 0.5) is 0 Å². The van der Waals surface area contributed by atoms with Gasteiger partial charge in [0.05, 0.1) is 0 Å². The Bertz CT molecular complexity index is 217. The molecule has 0 aromatic carbocycles. The maximum absolute atomic E-state index is 2.26. The Kier molecular flexibility index (Phi) is 8.23. The zero-order valence-corrected chi connectivity index (χ0v) is 11.6. The minimum atomic E-state index is 0. The molecule has 0 atom stereocenters. The predicted molar refractivity (Wildman–Crippen MR) is 40.3 cm³/mol. The Morgan fingerprint density at radius 3 is 1.92 bits per heavy atom. The quantitative estimate of drug-likeness (QED) is 0.480. The van der Waals surface area contributed by atoms with Crippen LogP contribution in [0.15, 0.2) is 20.0 Å². The third-order valence-corrected chi connectivity index (χ3v) is 4.06. The van der Waals surface area contributed by atoms with Crippen LogP contribution in [-0.4, -0.2) is 0 Å². The number of hydrogen-bond donors (Lipinski definition) is 0. The van der Waals surface area contributed by atoms with E-state index in [1.807, 2.05) is 0 Å². The average molecular weight is 283 g/mol. The number of hydrogen-bond acceptors (Lipinski definition) is 0. The van der Waals surface area contributed by atoms with Crippen LogP contribution in [0, 0.1) is 0 Å². The largest absolute Gasteiger partial charge is 1.00 e. The fourth-order valence-corrected chi connectivity index (χ4v) is 2.50. The second-order valence-corrected chi connectivity index (χ2v) is 4.14. The number of allylic oxidation sites excluding steroid dienone is 4. The maximum Gasteiger partial charge on any atom is -1.00 e. The molecule has 0 amide bonds. The predicted octanol–water partition coefficient (Wildman–Crippen LogP) is -3.05. The van der Waals surface area contributed by atoms with E-state index in [9.17, 15) is 0 Å². The maximum atomic E-state index is 2.26. The molecule has 67 valence electrons. The van der Waals surface area contributed by atoms with E-state index in [2.05, 4.69) is 20.8 Å². The van der Waals surface area contributed by atoms with E-state index in [0.717, 1.165) is 0 Å². The molecule has 12 heavy (non-hydrogen) atoms. The molecule has 1 aliphatic carbocycles. The average Bonchev–Trinajstić information content (AvgIpc) is 2.17. The number of halogens is 2.